The van der Waals surface area contributed by atoms with Gasteiger partial charge in [0.1, 0.15) is 0 Å². The van der Waals surface area contributed by atoms with E-state index in [4.69, 9.17) is 9.47 Å². The minimum atomic E-state index is 0.773. The van der Waals surface area contributed by atoms with Crippen LogP contribution in [0.1, 0.15) is 12.0 Å². The van der Waals surface area contributed by atoms with Gasteiger partial charge in [-0.3, -0.25) is 0 Å². The van der Waals surface area contributed by atoms with Gasteiger partial charge in [-0.1, -0.05) is 6.07 Å². The number of rotatable bonds is 4. The zero-order chi connectivity index (χ0) is 9.68. The molecule has 2 heteroatoms. The summed E-state index contributed by atoms with van der Waals surface area (Å²) >= 11 is 0. The molecule has 0 amide bonds. The summed E-state index contributed by atoms with van der Waals surface area (Å²) in [6.45, 7) is 3.81. The number of ether oxygens (including phenoxy) is 2. The third-order valence-electron chi connectivity index (χ3n) is 1.91. The van der Waals surface area contributed by atoms with E-state index < -0.39 is 0 Å². The van der Waals surface area contributed by atoms with Gasteiger partial charge in [-0.25, -0.2) is 0 Å². The van der Waals surface area contributed by atoms with Crippen LogP contribution in [-0.2, 0) is 6.42 Å². The van der Waals surface area contributed by atoms with Crippen molar-refractivity contribution in [3.8, 4) is 11.5 Å². The van der Waals surface area contributed by atoms with Gasteiger partial charge < -0.3 is 9.47 Å². The van der Waals surface area contributed by atoms with Crippen LogP contribution in [0, 0.1) is 6.92 Å². The van der Waals surface area contributed by atoms with Crippen LogP contribution >= 0.6 is 0 Å². The van der Waals surface area contributed by atoms with Crippen molar-refractivity contribution in [2.24, 2.45) is 0 Å². The highest BCUT2D eigenvalue weighted by Gasteiger charge is 2.03. The third-order valence-corrected chi connectivity index (χ3v) is 1.91. The maximum atomic E-state index is 5.18. The topological polar surface area (TPSA) is 18.5 Å². The van der Waals surface area contributed by atoms with Crippen molar-refractivity contribution in [1.82, 2.24) is 0 Å². The molecule has 0 saturated heterocycles. The van der Waals surface area contributed by atoms with Crippen LogP contribution in [-0.4, -0.2) is 14.2 Å². The molecule has 70 valence electrons. The summed E-state index contributed by atoms with van der Waals surface area (Å²) in [6.07, 6.45) is 1.87. The van der Waals surface area contributed by atoms with E-state index in [1.165, 1.54) is 5.56 Å². The lowest BCUT2D eigenvalue weighted by molar-refractivity contribution is 0.354. The quantitative estimate of drug-likeness (QED) is 0.661. The molecular weight excluding hydrogens is 164 g/mol. The summed E-state index contributed by atoms with van der Waals surface area (Å²) in [6, 6.07) is 5.94. The lowest BCUT2D eigenvalue weighted by Gasteiger charge is -2.08. The van der Waals surface area contributed by atoms with E-state index >= 15 is 0 Å². The fraction of sp³-hybridized carbons (Fsp3) is 0.364. The van der Waals surface area contributed by atoms with Gasteiger partial charge in [-0.05, 0) is 17.7 Å². The van der Waals surface area contributed by atoms with Gasteiger partial charge in [-0.15, -0.1) is 0 Å². The molecule has 0 heterocycles. The van der Waals surface area contributed by atoms with Gasteiger partial charge in [-0.2, -0.15) is 0 Å². The monoisotopic (exact) mass is 179 g/mol. The van der Waals surface area contributed by atoms with Crippen LogP contribution < -0.4 is 9.47 Å². The molecule has 2 nitrogen and oxygen atoms in total. The van der Waals surface area contributed by atoms with Crippen LogP contribution in [0.15, 0.2) is 18.2 Å². The molecule has 0 atom stereocenters. The van der Waals surface area contributed by atoms with E-state index in [1.54, 1.807) is 14.2 Å². The van der Waals surface area contributed by atoms with E-state index in [9.17, 15) is 0 Å². The number of aryl methyl sites for hydroxylation is 1. The van der Waals surface area contributed by atoms with E-state index in [-0.39, 0.29) is 0 Å². The highest BCUT2D eigenvalue weighted by atomic mass is 16.5. The first-order valence-electron chi connectivity index (χ1n) is 4.32. The van der Waals surface area contributed by atoms with Crippen LogP contribution in [0.25, 0.3) is 0 Å². The maximum absolute atomic E-state index is 5.18. The minimum Gasteiger partial charge on any atom is -0.493 e. The second-order valence-electron chi connectivity index (χ2n) is 2.79. The number of benzene rings is 1. The van der Waals surface area contributed by atoms with Gasteiger partial charge in [0.15, 0.2) is 11.5 Å². The van der Waals surface area contributed by atoms with Crippen molar-refractivity contribution >= 4 is 0 Å². The summed E-state index contributed by atoms with van der Waals surface area (Å²) in [4.78, 5) is 0. The van der Waals surface area contributed by atoms with Crippen molar-refractivity contribution in [3.05, 3.63) is 30.7 Å². The molecule has 0 bridgehead atoms. The lowest BCUT2D eigenvalue weighted by atomic mass is 10.1. The molecule has 0 spiro atoms. The molecule has 0 fully saturated rings. The Morgan fingerprint density at radius 3 is 2.38 bits per heavy atom. The van der Waals surface area contributed by atoms with Crippen molar-refractivity contribution in [3.63, 3.8) is 0 Å². The number of hydrogen-bond acceptors (Lipinski definition) is 2. The average molecular weight is 179 g/mol. The van der Waals surface area contributed by atoms with Crippen molar-refractivity contribution in [1.29, 1.82) is 0 Å². The minimum absolute atomic E-state index is 0.773. The normalized spacial score (nSPS) is 9.69. The molecule has 1 rings (SSSR count). The molecule has 0 radical (unpaired) electrons. The Bertz CT molecular complexity index is 269. The molecule has 0 aliphatic carbocycles. The van der Waals surface area contributed by atoms with Gasteiger partial charge in [0.2, 0.25) is 0 Å². The van der Waals surface area contributed by atoms with Crippen molar-refractivity contribution in [2.45, 2.75) is 12.8 Å². The predicted octanol–water partition coefficient (Wildman–Crippen LogP) is 2.47. The van der Waals surface area contributed by atoms with Gasteiger partial charge in [0.05, 0.1) is 27.6 Å². The first kappa shape index (κ1) is 9.78. The highest BCUT2D eigenvalue weighted by molar-refractivity contribution is 5.42. The summed E-state index contributed by atoms with van der Waals surface area (Å²) < 4.78 is 10.3. The van der Waals surface area contributed by atoms with Crippen LogP contribution in [0.2, 0.25) is 0 Å². The fourth-order valence-corrected chi connectivity index (χ4v) is 1.24. The molecule has 0 saturated carbocycles. The van der Waals surface area contributed by atoms with Crippen LogP contribution in [0.5, 0.6) is 11.5 Å². The molecule has 0 N–H and O–H groups in total. The Morgan fingerprint density at radius 2 is 1.85 bits per heavy atom. The van der Waals surface area contributed by atoms with E-state index in [1.807, 2.05) is 18.2 Å². The van der Waals surface area contributed by atoms with E-state index in [0.717, 1.165) is 24.3 Å². The Hall–Kier alpha value is -1.31. The summed E-state index contributed by atoms with van der Waals surface area (Å²) in [5, 5.41) is 0. The maximum Gasteiger partial charge on any atom is 0.160 e. The molecular formula is C11H15O2+. The van der Waals surface area contributed by atoms with E-state index in [0.29, 0.717) is 0 Å². The predicted molar refractivity (Wildman–Crippen MR) is 53.2 cm³/mol. The Kier molecular flexibility index (Phi) is 3.50. The molecule has 0 aliphatic heterocycles. The average Bonchev–Trinajstić information content (AvgIpc) is 2.18. The first-order valence-corrected chi connectivity index (χ1v) is 4.32. The second-order valence-corrected chi connectivity index (χ2v) is 2.79. The first-order chi connectivity index (χ1) is 6.31. The second kappa shape index (κ2) is 4.65. The standard InChI is InChI=1S/C11H15O2/c1-4-5-9-6-7-10(12-2)11(8-9)13-3/h6-8H,1,4-5H2,2-3H3/q+1. The summed E-state index contributed by atoms with van der Waals surface area (Å²) in [7, 11) is 3.28. The third kappa shape index (κ3) is 2.31. The highest BCUT2D eigenvalue weighted by Crippen LogP contribution is 2.27. The molecule has 0 aliphatic rings. The smallest absolute Gasteiger partial charge is 0.160 e. The Labute approximate surface area is 79.5 Å². The molecule has 1 aromatic carbocycles. The zero-order valence-corrected chi connectivity index (χ0v) is 8.17. The zero-order valence-electron chi connectivity index (χ0n) is 8.17. The number of hydrogen-bond donors (Lipinski definition) is 0. The SMILES string of the molecule is [CH2+]CCc1ccc(OC)c(OC)c1. The van der Waals surface area contributed by atoms with Crippen molar-refractivity contribution < 1.29 is 9.47 Å². The van der Waals surface area contributed by atoms with Gasteiger partial charge >= 0.3 is 0 Å². The molecule has 13 heavy (non-hydrogen) atoms. The van der Waals surface area contributed by atoms with E-state index in [2.05, 4.69) is 6.92 Å². The van der Waals surface area contributed by atoms with Crippen LogP contribution in [0.3, 0.4) is 0 Å². The lowest BCUT2D eigenvalue weighted by Crippen LogP contribution is -1.92. The van der Waals surface area contributed by atoms with Crippen LogP contribution in [0.4, 0.5) is 0 Å². The summed E-state index contributed by atoms with van der Waals surface area (Å²) in [5.74, 6) is 1.56. The molecule has 0 unspecified atom stereocenters. The number of methoxy groups -OCH3 is 2. The largest absolute Gasteiger partial charge is 0.493 e. The molecule has 0 aromatic heterocycles. The summed E-state index contributed by atoms with van der Waals surface area (Å²) in [5.41, 5.74) is 1.23. The Morgan fingerprint density at radius 1 is 1.15 bits per heavy atom. The van der Waals surface area contributed by atoms with Crippen molar-refractivity contribution in [2.75, 3.05) is 14.2 Å². The van der Waals surface area contributed by atoms with Gasteiger partial charge in [0, 0.05) is 6.42 Å². The fourth-order valence-electron chi connectivity index (χ4n) is 1.24. The molecule has 1 aromatic rings. The Balaban J connectivity index is 2.91. The van der Waals surface area contributed by atoms with Gasteiger partial charge in [0.25, 0.3) is 0 Å².